The molecule has 0 fully saturated rings. The zero-order chi connectivity index (χ0) is 12.1. The van der Waals surface area contributed by atoms with E-state index < -0.39 is 23.6 Å². The molecule has 0 bridgehead atoms. The number of carbonyl (C=O) groups excluding carboxylic acids is 1. The summed E-state index contributed by atoms with van der Waals surface area (Å²) in [6, 6.07) is 2.80. The average molecular weight is 229 g/mol. The standard InChI is InChI=1S/C11H13F2NO2/c1-2-16-10(15)6-9(14)7-4-3-5-8(12)11(7)13/h3-5,9H,2,6,14H2,1H3. The number of rotatable bonds is 4. The van der Waals surface area contributed by atoms with Crippen molar-refractivity contribution in [2.24, 2.45) is 5.73 Å². The number of esters is 1. The summed E-state index contributed by atoms with van der Waals surface area (Å²) in [6.45, 7) is 1.89. The van der Waals surface area contributed by atoms with Crippen molar-refractivity contribution in [1.82, 2.24) is 0 Å². The van der Waals surface area contributed by atoms with Gasteiger partial charge in [0.15, 0.2) is 11.6 Å². The highest BCUT2D eigenvalue weighted by molar-refractivity contribution is 5.70. The van der Waals surface area contributed by atoms with E-state index in [0.29, 0.717) is 0 Å². The molecule has 1 aromatic carbocycles. The smallest absolute Gasteiger partial charge is 0.307 e. The van der Waals surface area contributed by atoms with Gasteiger partial charge in [-0.2, -0.15) is 0 Å². The molecular weight excluding hydrogens is 216 g/mol. The van der Waals surface area contributed by atoms with Gasteiger partial charge in [-0.3, -0.25) is 4.79 Å². The van der Waals surface area contributed by atoms with E-state index in [2.05, 4.69) is 4.74 Å². The van der Waals surface area contributed by atoms with Gasteiger partial charge in [0.1, 0.15) is 0 Å². The summed E-state index contributed by atoms with van der Waals surface area (Å²) < 4.78 is 30.8. The normalized spacial score (nSPS) is 12.2. The molecule has 0 saturated carbocycles. The van der Waals surface area contributed by atoms with E-state index in [1.165, 1.54) is 12.1 Å². The van der Waals surface area contributed by atoms with Crippen molar-refractivity contribution in [1.29, 1.82) is 0 Å². The quantitative estimate of drug-likeness (QED) is 0.802. The minimum atomic E-state index is -1.01. The molecule has 0 saturated heterocycles. The molecule has 0 aromatic heterocycles. The Bertz CT molecular complexity index is 382. The Morgan fingerprint density at radius 2 is 2.19 bits per heavy atom. The lowest BCUT2D eigenvalue weighted by Gasteiger charge is -2.12. The Balaban J connectivity index is 2.76. The topological polar surface area (TPSA) is 52.3 Å². The van der Waals surface area contributed by atoms with E-state index in [1.807, 2.05) is 0 Å². The van der Waals surface area contributed by atoms with Crippen LogP contribution in [0.3, 0.4) is 0 Å². The number of ether oxygens (including phenoxy) is 1. The second-order valence-corrected chi connectivity index (χ2v) is 3.26. The fraction of sp³-hybridized carbons (Fsp3) is 0.364. The van der Waals surface area contributed by atoms with Crippen LogP contribution in [0, 0.1) is 11.6 Å². The van der Waals surface area contributed by atoms with Crippen LogP contribution in [-0.2, 0) is 9.53 Å². The van der Waals surface area contributed by atoms with Gasteiger partial charge in [-0.1, -0.05) is 12.1 Å². The molecule has 3 nitrogen and oxygen atoms in total. The Kier molecular flexibility index (Phi) is 4.37. The number of benzene rings is 1. The highest BCUT2D eigenvalue weighted by Crippen LogP contribution is 2.20. The van der Waals surface area contributed by atoms with Crippen molar-refractivity contribution < 1.29 is 18.3 Å². The minimum absolute atomic E-state index is 0.0203. The van der Waals surface area contributed by atoms with Crippen molar-refractivity contribution in [2.45, 2.75) is 19.4 Å². The molecular formula is C11H13F2NO2. The van der Waals surface area contributed by atoms with E-state index in [0.717, 1.165) is 6.07 Å². The third-order valence-electron chi connectivity index (χ3n) is 2.07. The maximum absolute atomic E-state index is 13.3. The zero-order valence-electron chi connectivity index (χ0n) is 8.87. The predicted octanol–water partition coefficient (Wildman–Crippen LogP) is 1.92. The first-order valence-corrected chi connectivity index (χ1v) is 4.91. The first kappa shape index (κ1) is 12.6. The van der Waals surface area contributed by atoms with Gasteiger partial charge in [0.2, 0.25) is 0 Å². The molecule has 0 aliphatic heterocycles. The first-order chi connectivity index (χ1) is 7.56. The molecule has 1 unspecified atom stereocenters. The van der Waals surface area contributed by atoms with Crippen LogP contribution in [0.1, 0.15) is 24.9 Å². The molecule has 0 amide bonds. The lowest BCUT2D eigenvalue weighted by atomic mass is 10.0. The molecule has 2 N–H and O–H groups in total. The summed E-state index contributed by atoms with van der Waals surface area (Å²) in [5.41, 5.74) is 5.57. The maximum atomic E-state index is 13.3. The Morgan fingerprint density at radius 3 is 2.81 bits per heavy atom. The molecule has 5 heteroatoms. The van der Waals surface area contributed by atoms with Crippen LogP contribution in [0.4, 0.5) is 8.78 Å². The van der Waals surface area contributed by atoms with Crippen LogP contribution in [0.15, 0.2) is 18.2 Å². The Morgan fingerprint density at radius 1 is 1.50 bits per heavy atom. The molecule has 88 valence electrons. The number of hydrogen-bond donors (Lipinski definition) is 1. The van der Waals surface area contributed by atoms with Crippen LogP contribution < -0.4 is 5.73 Å². The van der Waals surface area contributed by atoms with E-state index in [-0.39, 0.29) is 18.6 Å². The van der Waals surface area contributed by atoms with Crippen molar-refractivity contribution in [3.05, 3.63) is 35.4 Å². The highest BCUT2D eigenvalue weighted by atomic mass is 19.2. The van der Waals surface area contributed by atoms with E-state index in [9.17, 15) is 13.6 Å². The van der Waals surface area contributed by atoms with Crippen LogP contribution >= 0.6 is 0 Å². The van der Waals surface area contributed by atoms with E-state index in [1.54, 1.807) is 6.92 Å². The third-order valence-corrected chi connectivity index (χ3v) is 2.07. The predicted molar refractivity (Wildman–Crippen MR) is 54.5 cm³/mol. The lowest BCUT2D eigenvalue weighted by molar-refractivity contribution is -0.143. The van der Waals surface area contributed by atoms with Gasteiger partial charge in [0, 0.05) is 11.6 Å². The fourth-order valence-corrected chi connectivity index (χ4v) is 1.32. The van der Waals surface area contributed by atoms with E-state index in [4.69, 9.17) is 5.73 Å². The van der Waals surface area contributed by atoms with Crippen molar-refractivity contribution in [3.63, 3.8) is 0 Å². The van der Waals surface area contributed by atoms with E-state index >= 15 is 0 Å². The first-order valence-electron chi connectivity index (χ1n) is 4.91. The fourth-order valence-electron chi connectivity index (χ4n) is 1.32. The summed E-state index contributed by atoms with van der Waals surface area (Å²) in [5.74, 6) is -2.52. The third kappa shape index (κ3) is 3.00. The molecule has 0 spiro atoms. The molecule has 0 heterocycles. The molecule has 0 radical (unpaired) electrons. The summed E-state index contributed by atoms with van der Waals surface area (Å²) >= 11 is 0. The van der Waals surface area contributed by atoms with Crippen LogP contribution in [-0.4, -0.2) is 12.6 Å². The van der Waals surface area contributed by atoms with Crippen molar-refractivity contribution in [3.8, 4) is 0 Å². The summed E-state index contributed by atoms with van der Waals surface area (Å²) in [6.07, 6.45) is -0.172. The van der Waals surface area contributed by atoms with Crippen molar-refractivity contribution in [2.75, 3.05) is 6.61 Å². The van der Waals surface area contributed by atoms with Gasteiger partial charge >= 0.3 is 5.97 Å². The molecule has 1 rings (SSSR count). The minimum Gasteiger partial charge on any atom is -0.466 e. The summed E-state index contributed by atoms with van der Waals surface area (Å²) in [4.78, 5) is 11.1. The molecule has 0 aliphatic carbocycles. The Labute approximate surface area is 92.2 Å². The largest absolute Gasteiger partial charge is 0.466 e. The number of carbonyl (C=O) groups is 1. The molecule has 1 aromatic rings. The van der Waals surface area contributed by atoms with Crippen LogP contribution in [0.5, 0.6) is 0 Å². The van der Waals surface area contributed by atoms with Gasteiger partial charge in [-0.15, -0.1) is 0 Å². The number of halogens is 2. The summed E-state index contributed by atoms with van der Waals surface area (Å²) in [5, 5.41) is 0. The van der Waals surface area contributed by atoms with Gasteiger partial charge in [0.05, 0.1) is 13.0 Å². The molecule has 0 aliphatic rings. The highest BCUT2D eigenvalue weighted by Gasteiger charge is 2.18. The summed E-state index contributed by atoms with van der Waals surface area (Å²) in [7, 11) is 0. The zero-order valence-corrected chi connectivity index (χ0v) is 8.87. The number of hydrogen-bond acceptors (Lipinski definition) is 3. The Hall–Kier alpha value is -1.49. The second-order valence-electron chi connectivity index (χ2n) is 3.26. The van der Waals surface area contributed by atoms with Gasteiger partial charge < -0.3 is 10.5 Å². The van der Waals surface area contributed by atoms with Gasteiger partial charge in [0.25, 0.3) is 0 Å². The molecule has 1 atom stereocenters. The number of nitrogens with two attached hydrogens (primary N) is 1. The van der Waals surface area contributed by atoms with Gasteiger partial charge in [-0.25, -0.2) is 8.78 Å². The second kappa shape index (κ2) is 5.55. The van der Waals surface area contributed by atoms with Crippen LogP contribution in [0.2, 0.25) is 0 Å². The molecule has 16 heavy (non-hydrogen) atoms. The van der Waals surface area contributed by atoms with Crippen molar-refractivity contribution >= 4 is 5.97 Å². The van der Waals surface area contributed by atoms with Gasteiger partial charge in [-0.05, 0) is 13.0 Å². The SMILES string of the molecule is CCOC(=O)CC(N)c1cccc(F)c1F. The monoisotopic (exact) mass is 229 g/mol. The maximum Gasteiger partial charge on any atom is 0.307 e. The lowest BCUT2D eigenvalue weighted by Crippen LogP contribution is -2.18. The average Bonchev–Trinajstić information content (AvgIpc) is 2.22. The van der Waals surface area contributed by atoms with Crippen LogP contribution in [0.25, 0.3) is 0 Å².